The molecular weight excluding hydrogens is 250 g/mol. The molecule has 0 aromatic heterocycles. The summed E-state index contributed by atoms with van der Waals surface area (Å²) in [5.74, 6) is 1.90. The van der Waals surface area contributed by atoms with E-state index < -0.39 is 0 Å². The summed E-state index contributed by atoms with van der Waals surface area (Å²) in [5.41, 5.74) is 0.932. The second-order valence-electron chi connectivity index (χ2n) is 7.56. The quantitative estimate of drug-likeness (QED) is 0.635. The third kappa shape index (κ3) is 2.80. The first-order valence-electron chi connectivity index (χ1n) is 8.16. The van der Waals surface area contributed by atoms with Gasteiger partial charge in [0.25, 0.3) is 0 Å². The molecule has 114 valence electrons. The van der Waals surface area contributed by atoms with Gasteiger partial charge < -0.3 is 15.0 Å². The highest BCUT2D eigenvalue weighted by Crippen LogP contribution is 2.51. The standard InChI is InChI=1S/C16H29N3O/c1-4-17-14(18-10-13-9-15(13,2)3)19-7-5-16(11-19)6-8-20-12-16/h13H,4-12H2,1-3H3,(H,17,18). The summed E-state index contributed by atoms with van der Waals surface area (Å²) in [4.78, 5) is 7.35. The van der Waals surface area contributed by atoms with E-state index in [9.17, 15) is 0 Å². The maximum atomic E-state index is 5.62. The first kappa shape index (κ1) is 14.2. The molecule has 0 aromatic carbocycles. The number of aliphatic imine (C=N–C) groups is 1. The van der Waals surface area contributed by atoms with E-state index in [1.807, 2.05) is 0 Å². The Morgan fingerprint density at radius 3 is 2.80 bits per heavy atom. The Hall–Kier alpha value is -0.770. The van der Waals surface area contributed by atoms with Crippen molar-refractivity contribution in [3.05, 3.63) is 0 Å². The van der Waals surface area contributed by atoms with Crippen molar-refractivity contribution in [1.82, 2.24) is 10.2 Å². The number of nitrogens with zero attached hydrogens (tertiary/aromatic N) is 2. The van der Waals surface area contributed by atoms with Gasteiger partial charge in [-0.1, -0.05) is 13.8 Å². The number of rotatable bonds is 3. The predicted molar refractivity (Wildman–Crippen MR) is 81.9 cm³/mol. The third-order valence-corrected chi connectivity index (χ3v) is 5.44. The van der Waals surface area contributed by atoms with Gasteiger partial charge in [0.15, 0.2) is 5.96 Å². The molecule has 2 atom stereocenters. The third-order valence-electron chi connectivity index (χ3n) is 5.44. The molecule has 3 rings (SSSR count). The molecule has 1 spiro atoms. The van der Waals surface area contributed by atoms with Gasteiger partial charge in [-0.3, -0.25) is 4.99 Å². The van der Waals surface area contributed by atoms with Crippen LogP contribution in [0.1, 0.15) is 40.0 Å². The lowest BCUT2D eigenvalue weighted by molar-refractivity contribution is 0.156. The minimum Gasteiger partial charge on any atom is -0.381 e. The first-order chi connectivity index (χ1) is 9.55. The van der Waals surface area contributed by atoms with Gasteiger partial charge in [0.05, 0.1) is 6.61 Å². The fourth-order valence-electron chi connectivity index (χ4n) is 3.60. The molecule has 1 aliphatic carbocycles. The van der Waals surface area contributed by atoms with Crippen LogP contribution in [0.2, 0.25) is 0 Å². The van der Waals surface area contributed by atoms with Crippen molar-refractivity contribution in [2.75, 3.05) is 39.4 Å². The van der Waals surface area contributed by atoms with Crippen LogP contribution in [-0.2, 0) is 4.74 Å². The van der Waals surface area contributed by atoms with Crippen LogP contribution in [-0.4, -0.2) is 50.3 Å². The van der Waals surface area contributed by atoms with Crippen molar-refractivity contribution >= 4 is 5.96 Å². The van der Waals surface area contributed by atoms with Crippen LogP contribution in [0.3, 0.4) is 0 Å². The lowest BCUT2D eigenvalue weighted by Crippen LogP contribution is -2.41. The predicted octanol–water partition coefficient (Wildman–Crippen LogP) is 2.11. The number of guanidine groups is 1. The van der Waals surface area contributed by atoms with E-state index in [1.54, 1.807) is 0 Å². The molecule has 2 aliphatic heterocycles. The molecule has 0 aromatic rings. The number of hydrogen-bond donors (Lipinski definition) is 1. The van der Waals surface area contributed by atoms with Crippen LogP contribution in [0.25, 0.3) is 0 Å². The van der Waals surface area contributed by atoms with Crippen molar-refractivity contribution in [1.29, 1.82) is 0 Å². The van der Waals surface area contributed by atoms with Crippen LogP contribution in [0.5, 0.6) is 0 Å². The van der Waals surface area contributed by atoms with Crippen LogP contribution in [0.4, 0.5) is 0 Å². The van der Waals surface area contributed by atoms with E-state index in [0.717, 1.165) is 51.3 Å². The summed E-state index contributed by atoms with van der Waals surface area (Å²) in [6, 6.07) is 0. The molecule has 1 N–H and O–H groups in total. The summed E-state index contributed by atoms with van der Waals surface area (Å²) >= 11 is 0. The van der Waals surface area contributed by atoms with Crippen molar-refractivity contribution in [3.8, 4) is 0 Å². The Balaban J connectivity index is 1.60. The van der Waals surface area contributed by atoms with E-state index in [0.29, 0.717) is 10.8 Å². The zero-order valence-electron chi connectivity index (χ0n) is 13.2. The number of nitrogens with one attached hydrogen (secondary N) is 1. The molecule has 20 heavy (non-hydrogen) atoms. The summed E-state index contributed by atoms with van der Waals surface area (Å²) in [6.45, 7) is 12.9. The molecule has 2 heterocycles. The zero-order valence-corrected chi connectivity index (χ0v) is 13.2. The Morgan fingerprint density at radius 1 is 1.40 bits per heavy atom. The summed E-state index contributed by atoms with van der Waals surface area (Å²) < 4.78 is 5.62. The lowest BCUT2D eigenvalue weighted by atomic mass is 9.87. The monoisotopic (exact) mass is 279 g/mol. The lowest BCUT2D eigenvalue weighted by Gasteiger charge is -2.25. The van der Waals surface area contributed by atoms with Gasteiger partial charge in [0.2, 0.25) is 0 Å². The summed E-state index contributed by atoms with van der Waals surface area (Å²) in [7, 11) is 0. The average molecular weight is 279 g/mol. The molecule has 3 aliphatic rings. The van der Waals surface area contributed by atoms with Crippen molar-refractivity contribution in [2.45, 2.75) is 40.0 Å². The highest BCUT2D eigenvalue weighted by molar-refractivity contribution is 5.80. The molecule has 2 saturated heterocycles. The van der Waals surface area contributed by atoms with E-state index in [1.165, 1.54) is 19.3 Å². The maximum absolute atomic E-state index is 5.62. The van der Waals surface area contributed by atoms with E-state index in [-0.39, 0.29) is 0 Å². The topological polar surface area (TPSA) is 36.9 Å². The fraction of sp³-hybridized carbons (Fsp3) is 0.938. The van der Waals surface area contributed by atoms with Gasteiger partial charge in [-0.15, -0.1) is 0 Å². The van der Waals surface area contributed by atoms with Crippen molar-refractivity contribution < 1.29 is 4.74 Å². The van der Waals surface area contributed by atoms with E-state index in [2.05, 4.69) is 31.0 Å². The molecule has 0 amide bonds. The molecule has 0 bridgehead atoms. The van der Waals surface area contributed by atoms with Crippen LogP contribution >= 0.6 is 0 Å². The Labute approximate surface area is 123 Å². The molecule has 0 radical (unpaired) electrons. The Kier molecular flexibility index (Phi) is 3.69. The number of likely N-dealkylation sites (tertiary alicyclic amines) is 1. The molecule has 1 saturated carbocycles. The summed E-state index contributed by atoms with van der Waals surface area (Å²) in [5, 5.41) is 3.48. The van der Waals surface area contributed by atoms with Gasteiger partial charge in [0, 0.05) is 38.2 Å². The van der Waals surface area contributed by atoms with Crippen LogP contribution in [0.15, 0.2) is 4.99 Å². The SMILES string of the molecule is CCNC(=NCC1CC1(C)C)N1CCC2(CCOC2)C1. The zero-order chi connectivity index (χ0) is 14.2. The number of hydrogen-bond acceptors (Lipinski definition) is 2. The molecule has 3 fully saturated rings. The number of ether oxygens (including phenoxy) is 1. The highest BCUT2D eigenvalue weighted by atomic mass is 16.5. The van der Waals surface area contributed by atoms with E-state index >= 15 is 0 Å². The van der Waals surface area contributed by atoms with Gasteiger partial charge in [-0.25, -0.2) is 0 Å². The second-order valence-corrected chi connectivity index (χ2v) is 7.56. The normalized spacial score (nSPS) is 35.9. The molecule has 4 heteroatoms. The highest BCUT2D eigenvalue weighted by Gasteiger charge is 2.45. The average Bonchev–Trinajstić information content (AvgIpc) is 2.84. The summed E-state index contributed by atoms with van der Waals surface area (Å²) in [6.07, 6.45) is 3.80. The first-order valence-corrected chi connectivity index (χ1v) is 8.16. The minimum atomic E-state index is 0.412. The largest absolute Gasteiger partial charge is 0.381 e. The van der Waals surface area contributed by atoms with Gasteiger partial charge in [-0.2, -0.15) is 0 Å². The molecule has 2 unspecified atom stereocenters. The van der Waals surface area contributed by atoms with Gasteiger partial charge in [0.1, 0.15) is 0 Å². The smallest absolute Gasteiger partial charge is 0.193 e. The Morgan fingerprint density at radius 2 is 2.20 bits per heavy atom. The minimum absolute atomic E-state index is 0.412. The fourth-order valence-corrected chi connectivity index (χ4v) is 3.60. The van der Waals surface area contributed by atoms with Gasteiger partial charge in [-0.05, 0) is 37.5 Å². The maximum Gasteiger partial charge on any atom is 0.193 e. The van der Waals surface area contributed by atoms with Crippen molar-refractivity contribution in [2.24, 2.45) is 21.7 Å². The Bertz CT molecular complexity index is 385. The van der Waals surface area contributed by atoms with Crippen LogP contribution < -0.4 is 5.32 Å². The molecule has 4 nitrogen and oxygen atoms in total. The van der Waals surface area contributed by atoms with E-state index in [4.69, 9.17) is 9.73 Å². The second kappa shape index (κ2) is 5.21. The van der Waals surface area contributed by atoms with Gasteiger partial charge >= 0.3 is 0 Å². The van der Waals surface area contributed by atoms with Crippen LogP contribution in [0, 0.1) is 16.7 Å². The molecular formula is C16H29N3O. The van der Waals surface area contributed by atoms with Crippen molar-refractivity contribution in [3.63, 3.8) is 0 Å².